The maximum Gasteiger partial charge on any atom is 0.164 e. The second-order valence-corrected chi connectivity index (χ2v) is 12.2. The minimum absolute atomic E-state index is 0.633. The van der Waals surface area contributed by atoms with Gasteiger partial charge in [0.15, 0.2) is 5.82 Å². The molecule has 230 valence electrons. The fraction of sp³-hybridized carbons (Fsp3) is 0. The zero-order valence-electron chi connectivity index (χ0n) is 26.6. The van der Waals surface area contributed by atoms with Crippen LogP contribution >= 0.6 is 0 Å². The predicted molar refractivity (Wildman–Crippen MR) is 202 cm³/mol. The smallest absolute Gasteiger partial charge is 0.164 e. The minimum Gasteiger partial charge on any atom is -0.455 e. The molecule has 7 aromatic carbocycles. The van der Waals surface area contributed by atoms with E-state index in [1.54, 1.807) is 0 Å². The minimum atomic E-state index is 0.633. The third-order valence-electron chi connectivity index (χ3n) is 9.08. The normalized spacial score (nSPS) is 11.3. The van der Waals surface area contributed by atoms with Gasteiger partial charge < -0.3 is 4.42 Å². The van der Waals surface area contributed by atoms with E-state index in [9.17, 15) is 0 Å². The molecule has 2 aromatic heterocycles. The zero-order chi connectivity index (χ0) is 32.6. The summed E-state index contributed by atoms with van der Waals surface area (Å²) in [5, 5.41) is 2.09. The van der Waals surface area contributed by atoms with Crippen molar-refractivity contribution in [2.24, 2.45) is 0 Å². The van der Waals surface area contributed by atoms with Gasteiger partial charge in [0.05, 0.1) is 17.0 Å². The number of hydrogen-bond acceptors (Lipinski definition) is 3. The highest BCUT2D eigenvalue weighted by Crippen LogP contribution is 2.39. The van der Waals surface area contributed by atoms with Crippen LogP contribution in [0, 0.1) is 0 Å². The van der Waals surface area contributed by atoms with E-state index in [0.717, 1.165) is 61.1 Å². The van der Waals surface area contributed by atoms with Crippen LogP contribution in [0.1, 0.15) is 0 Å². The van der Waals surface area contributed by atoms with Gasteiger partial charge in [-0.2, -0.15) is 0 Å². The highest BCUT2D eigenvalue weighted by atomic mass is 16.3. The highest BCUT2D eigenvalue weighted by molar-refractivity contribution is 6.10. The molecular formula is C46H30N2O. The summed E-state index contributed by atoms with van der Waals surface area (Å²) in [5.74, 6) is 0.633. The van der Waals surface area contributed by atoms with Crippen molar-refractivity contribution < 1.29 is 4.42 Å². The molecule has 0 saturated carbocycles. The van der Waals surface area contributed by atoms with E-state index in [4.69, 9.17) is 14.4 Å². The van der Waals surface area contributed by atoms with Gasteiger partial charge in [-0.3, -0.25) is 0 Å². The molecule has 0 atom stereocenters. The van der Waals surface area contributed by atoms with Gasteiger partial charge in [0, 0.05) is 21.9 Å². The standard InChI is InChI=1S/C46H30N2O/c1-5-14-31(15-6-1)36-26-37(32-16-7-2-8-17-32)28-38(27-36)35-24-25-44-41(29-35)39-22-13-23-40(45(39)49-44)46-47-42(33-18-9-3-10-19-33)30-43(48-46)34-20-11-4-12-21-34/h1-30H. The largest absolute Gasteiger partial charge is 0.455 e. The molecule has 0 bridgehead atoms. The van der Waals surface area contributed by atoms with Crippen molar-refractivity contribution in [1.29, 1.82) is 0 Å². The molecule has 9 rings (SSSR count). The van der Waals surface area contributed by atoms with Crippen molar-refractivity contribution in [3.63, 3.8) is 0 Å². The Kier molecular flexibility index (Phi) is 7.14. The van der Waals surface area contributed by atoms with E-state index < -0.39 is 0 Å². The molecule has 0 spiro atoms. The highest BCUT2D eigenvalue weighted by Gasteiger charge is 2.18. The van der Waals surface area contributed by atoms with Crippen LogP contribution in [0.3, 0.4) is 0 Å². The Morgan fingerprint density at radius 2 is 0.816 bits per heavy atom. The van der Waals surface area contributed by atoms with Gasteiger partial charge in [-0.15, -0.1) is 0 Å². The lowest BCUT2D eigenvalue weighted by Gasteiger charge is -2.11. The third kappa shape index (κ3) is 5.48. The Bertz CT molecular complexity index is 2460. The molecule has 3 nitrogen and oxygen atoms in total. The third-order valence-corrected chi connectivity index (χ3v) is 9.08. The van der Waals surface area contributed by atoms with E-state index in [1.165, 1.54) is 22.3 Å². The molecule has 0 aliphatic rings. The van der Waals surface area contributed by atoms with Crippen molar-refractivity contribution in [2.75, 3.05) is 0 Å². The van der Waals surface area contributed by atoms with E-state index >= 15 is 0 Å². The Morgan fingerprint density at radius 1 is 0.327 bits per heavy atom. The van der Waals surface area contributed by atoms with E-state index in [0.29, 0.717) is 5.82 Å². The van der Waals surface area contributed by atoms with Gasteiger partial charge in [-0.1, -0.05) is 140 Å². The van der Waals surface area contributed by atoms with Crippen molar-refractivity contribution in [2.45, 2.75) is 0 Å². The van der Waals surface area contributed by atoms with Gasteiger partial charge in [0.25, 0.3) is 0 Å². The van der Waals surface area contributed by atoms with Crippen LogP contribution < -0.4 is 0 Å². The average molecular weight is 627 g/mol. The first kappa shape index (κ1) is 28.6. The summed E-state index contributed by atoms with van der Waals surface area (Å²) in [5.41, 5.74) is 13.3. The van der Waals surface area contributed by atoms with Crippen LogP contribution in [0.15, 0.2) is 186 Å². The number of furan rings is 1. The van der Waals surface area contributed by atoms with Gasteiger partial charge in [-0.05, 0) is 75.8 Å². The summed E-state index contributed by atoms with van der Waals surface area (Å²) >= 11 is 0. The number of rotatable bonds is 6. The molecule has 0 saturated heterocycles. The number of para-hydroxylation sites is 1. The van der Waals surface area contributed by atoms with Crippen LogP contribution in [0.4, 0.5) is 0 Å². The fourth-order valence-corrected chi connectivity index (χ4v) is 6.62. The Balaban J connectivity index is 1.20. The molecule has 0 amide bonds. The molecular weight excluding hydrogens is 597 g/mol. The lowest BCUT2D eigenvalue weighted by atomic mass is 9.93. The van der Waals surface area contributed by atoms with E-state index in [-0.39, 0.29) is 0 Å². The molecule has 9 aromatic rings. The number of benzene rings is 7. The first-order chi connectivity index (χ1) is 24.3. The summed E-state index contributed by atoms with van der Waals surface area (Å²) in [6.07, 6.45) is 0. The molecule has 49 heavy (non-hydrogen) atoms. The van der Waals surface area contributed by atoms with Crippen LogP contribution in [-0.2, 0) is 0 Å². The van der Waals surface area contributed by atoms with Gasteiger partial charge in [0.2, 0.25) is 0 Å². The predicted octanol–water partition coefficient (Wildman–Crippen LogP) is 12.4. The van der Waals surface area contributed by atoms with Crippen molar-refractivity contribution in [3.05, 3.63) is 182 Å². The first-order valence-corrected chi connectivity index (χ1v) is 16.5. The Labute approximate surface area is 284 Å². The summed E-state index contributed by atoms with van der Waals surface area (Å²) < 4.78 is 6.63. The van der Waals surface area contributed by atoms with Crippen LogP contribution in [-0.4, -0.2) is 9.97 Å². The molecule has 0 aliphatic heterocycles. The average Bonchev–Trinajstić information content (AvgIpc) is 3.57. The van der Waals surface area contributed by atoms with Crippen LogP contribution in [0.2, 0.25) is 0 Å². The maximum absolute atomic E-state index is 6.63. The quantitative estimate of drug-likeness (QED) is 0.184. The van der Waals surface area contributed by atoms with Gasteiger partial charge in [0.1, 0.15) is 11.2 Å². The fourth-order valence-electron chi connectivity index (χ4n) is 6.62. The molecule has 3 heteroatoms. The molecule has 0 radical (unpaired) electrons. The number of hydrogen-bond donors (Lipinski definition) is 0. The molecule has 0 unspecified atom stereocenters. The first-order valence-electron chi connectivity index (χ1n) is 16.5. The Hall–Kier alpha value is -6.58. The SMILES string of the molecule is c1ccc(-c2cc(-c3ccccc3)cc(-c3ccc4oc5c(-c6nc(-c7ccccc7)cc(-c7ccccc7)n6)cccc5c4c3)c2)cc1. The number of fused-ring (bicyclic) bond motifs is 3. The lowest BCUT2D eigenvalue weighted by molar-refractivity contribution is 0.669. The molecule has 0 fully saturated rings. The molecule has 2 heterocycles. The topological polar surface area (TPSA) is 38.9 Å². The second-order valence-electron chi connectivity index (χ2n) is 12.2. The van der Waals surface area contributed by atoms with Gasteiger partial charge in [-0.25, -0.2) is 9.97 Å². The van der Waals surface area contributed by atoms with Crippen LogP contribution in [0.25, 0.3) is 89.2 Å². The number of aromatic nitrogens is 2. The maximum atomic E-state index is 6.63. The lowest BCUT2D eigenvalue weighted by Crippen LogP contribution is -1.96. The van der Waals surface area contributed by atoms with E-state index in [2.05, 4.69) is 146 Å². The Morgan fingerprint density at radius 3 is 1.35 bits per heavy atom. The van der Waals surface area contributed by atoms with Crippen LogP contribution in [0.5, 0.6) is 0 Å². The summed E-state index contributed by atoms with van der Waals surface area (Å²) in [6.45, 7) is 0. The molecule has 0 N–H and O–H groups in total. The van der Waals surface area contributed by atoms with Crippen molar-refractivity contribution in [1.82, 2.24) is 9.97 Å². The summed E-state index contributed by atoms with van der Waals surface area (Å²) in [4.78, 5) is 10.2. The monoisotopic (exact) mass is 626 g/mol. The summed E-state index contributed by atoms with van der Waals surface area (Å²) in [7, 11) is 0. The van der Waals surface area contributed by atoms with E-state index in [1.807, 2.05) is 36.4 Å². The second kappa shape index (κ2) is 12.2. The summed E-state index contributed by atoms with van der Waals surface area (Å²) in [6, 6.07) is 63.3. The van der Waals surface area contributed by atoms with Gasteiger partial charge >= 0.3 is 0 Å². The van der Waals surface area contributed by atoms with Crippen molar-refractivity contribution in [3.8, 4) is 67.3 Å². The number of nitrogens with zero attached hydrogens (tertiary/aromatic N) is 2. The van der Waals surface area contributed by atoms with Crippen molar-refractivity contribution >= 4 is 21.9 Å². The zero-order valence-corrected chi connectivity index (χ0v) is 26.6. The molecule has 0 aliphatic carbocycles.